The number of rotatable bonds is 9. The van der Waals surface area contributed by atoms with Crippen molar-refractivity contribution in [3.05, 3.63) is 97.3 Å². The topological polar surface area (TPSA) is 50.2 Å². The third-order valence-corrected chi connectivity index (χ3v) is 3.02. The summed E-state index contributed by atoms with van der Waals surface area (Å²) in [6.07, 6.45) is 15.6. The first-order chi connectivity index (χ1) is 11.7. The number of aromatic nitrogens is 2. The van der Waals surface area contributed by atoms with Crippen LogP contribution in [0.1, 0.15) is 5.56 Å². The minimum atomic E-state index is 0.279. The highest BCUT2D eigenvalue weighted by molar-refractivity contribution is 6.31. The third kappa shape index (κ3) is 6.02. The molecule has 1 rings (SSSR count). The minimum absolute atomic E-state index is 0.279. The summed E-state index contributed by atoms with van der Waals surface area (Å²) in [5.74, 6) is 0.452. The van der Waals surface area contributed by atoms with E-state index >= 15 is 0 Å². The lowest BCUT2D eigenvalue weighted by atomic mass is 10.1. The van der Waals surface area contributed by atoms with Crippen molar-refractivity contribution in [1.82, 2.24) is 10.2 Å². The van der Waals surface area contributed by atoms with Crippen LogP contribution in [0.25, 0.3) is 5.57 Å². The average molecular weight is 339 g/mol. The standard InChI is InChI=1S/C19H19ClN4/c1-5-9-10-12-16(8-4)17-13-18(23-24-19(17)20)22-21-14-15(7-3)11-6-2/h5-14H,1-4H2,(H,22,23)/b10-9-,15-11+,16-12+,21-14+. The predicted molar refractivity (Wildman–Crippen MR) is 105 cm³/mol. The van der Waals surface area contributed by atoms with Gasteiger partial charge in [-0.05, 0) is 17.2 Å². The van der Waals surface area contributed by atoms with E-state index in [4.69, 9.17) is 11.6 Å². The van der Waals surface area contributed by atoms with Crippen LogP contribution in [0.4, 0.5) is 5.82 Å². The largest absolute Gasteiger partial charge is 0.260 e. The van der Waals surface area contributed by atoms with Gasteiger partial charge in [-0.15, -0.1) is 10.2 Å². The highest BCUT2D eigenvalue weighted by Crippen LogP contribution is 2.24. The molecule has 0 fully saturated rings. The van der Waals surface area contributed by atoms with Gasteiger partial charge in [0.05, 0.1) is 6.21 Å². The van der Waals surface area contributed by atoms with E-state index in [9.17, 15) is 0 Å². The van der Waals surface area contributed by atoms with Crippen molar-refractivity contribution in [2.24, 2.45) is 5.10 Å². The van der Waals surface area contributed by atoms with Crippen molar-refractivity contribution in [2.45, 2.75) is 0 Å². The molecule has 0 radical (unpaired) electrons. The fourth-order valence-electron chi connectivity index (χ4n) is 1.61. The molecule has 0 aliphatic heterocycles. The maximum absolute atomic E-state index is 6.12. The molecule has 0 spiro atoms. The van der Waals surface area contributed by atoms with Gasteiger partial charge in [-0.25, -0.2) is 0 Å². The van der Waals surface area contributed by atoms with Crippen molar-refractivity contribution in [2.75, 3.05) is 5.43 Å². The summed E-state index contributed by atoms with van der Waals surface area (Å²) in [5, 5.41) is 12.2. The zero-order valence-corrected chi connectivity index (χ0v) is 14.1. The molecular formula is C19H19ClN4. The van der Waals surface area contributed by atoms with Gasteiger partial charge in [-0.1, -0.05) is 86.5 Å². The lowest BCUT2D eigenvalue weighted by Crippen LogP contribution is -1.98. The van der Waals surface area contributed by atoms with Crippen LogP contribution in [-0.2, 0) is 0 Å². The van der Waals surface area contributed by atoms with E-state index in [1.807, 2.05) is 12.2 Å². The molecule has 1 heterocycles. The minimum Gasteiger partial charge on any atom is -0.260 e. The van der Waals surface area contributed by atoms with E-state index in [2.05, 4.69) is 47.0 Å². The number of allylic oxidation sites excluding steroid dienone is 10. The van der Waals surface area contributed by atoms with E-state index in [-0.39, 0.29) is 5.15 Å². The number of anilines is 1. The summed E-state index contributed by atoms with van der Waals surface area (Å²) < 4.78 is 0. The Labute approximate surface area is 147 Å². The first kappa shape index (κ1) is 19.1. The zero-order valence-electron chi connectivity index (χ0n) is 13.3. The van der Waals surface area contributed by atoms with Gasteiger partial charge in [0.1, 0.15) is 0 Å². The Bertz CT molecular complexity index is 740. The lowest BCUT2D eigenvalue weighted by molar-refractivity contribution is 1.02. The fourth-order valence-corrected chi connectivity index (χ4v) is 1.81. The van der Waals surface area contributed by atoms with Crippen LogP contribution in [0.15, 0.2) is 91.7 Å². The van der Waals surface area contributed by atoms with Crippen molar-refractivity contribution < 1.29 is 0 Å². The summed E-state index contributed by atoms with van der Waals surface area (Å²) in [4.78, 5) is 0. The smallest absolute Gasteiger partial charge is 0.169 e. The summed E-state index contributed by atoms with van der Waals surface area (Å²) in [6, 6.07) is 1.74. The van der Waals surface area contributed by atoms with Crippen LogP contribution >= 0.6 is 11.6 Å². The molecule has 0 aliphatic rings. The molecular weight excluding hydrogens is 320 g/mol. The SMILES string of the molecule is C=C/C=C\C=C(/C=C)c1cc(N/N=C/C(C=C)=C/C=C)nnc1Cl. The Balaban J connectivity index is 3.05. The average Bonchev–Trinajstić information content (AvgIpc) is 2.60. The van der Waals surface area contributed by atoms with Gasteiger partial charge in [-0.3, -0.25) is 5.43 Å². The second kappa shape index (κ2) is 10.7. The summed E-state index contributed by atoms with van der Waals surface area (Å²) >= 11 is 6.12. The lowest BCUT2D eigenvalue weighted by Gasteiger charge is -2.06. The molecule has 0 atom stereocenters. The molecule has 4 nitrogen and oxygen atoms in total. The number of nitrogens with one attached hydrogen (secondary N) is 1. The molecule has 0 saturated heterocycles. The van der Waals surface area contributed by atoms with Gasteiger partial charge >= 0.3 is 0 Å². The number of halogens is 1. The maximum atomic E-state index is 6.12. The van der Waals surface area contributed by atoms with Gasteiger partial charge in [0.25, 0.3) is 0 Å². The molecule has 0 unspecified atom stereocenters. The van der Waals surface area contributed by atoms with E-state index < -0.39 is 0 Å². The van der Waals surface area contributed by atoms with Crippen LogP contribution in [0.5, 0.6) is 0 Å². The predicted octanol–water partition coefficient (Wildman–Crippen LogP) is 5.14. The number of hydrogen-bond donors (Lipinski definition) is 1. The molecule has 0 aromatic carbocycles. The van der Waals surface area contributed by atoms with Crippen LogP contribution in [-0.4, -0.2) is 16.4 Å². The number of hydrazone groups is 1. The van der Waals surface area contributed by atoms with Crippen molar-refractivity contribution in [1.29, 1.82) is 0 Å². The first-order valence-corrected chi connectivity index (χ1v) is 7.43. The molecule has 5 heteroatoms. The van der Waals surface area contributed by atoms with Crippen LogP contribution in [0, 0.1) is 0 Å². The molecule has 1 aromatic rings. The summed E-state index contributed by atoms with van der Waals surface area (Å²) in [6.45, 7) is 14.7. The Kier molecular flexibility index (Phi) is 8.50. The van der Waals surface area contributed by atoms with Gasteiger partial charge in [0.15, 0.2) is 11.0 Å². The second-order valence-corrected chi connectivity index (χ2v) is 4.72. The van der Waals surface area contributed by atoms with Crippen LogP contribution in [0.3, 0.4) is 0 Å². The van der Waals surface area contributed by atoms with Crippen molar-refractivity contribution in [3.8, 4) is 0 Å². The molecule has 0 saturated carbocycles. The maximum Gasteiger partial charge on any atom is 0.169 e. The Morgan fingerprint density at radius 2 is 1.83 bits per heavy atom. The third-order valence-electron chi connectivity index (χ3n) is 2.74. The summed E-state index contributed by atoms with van der Waals surface area (Å²) in [5.41, 5.74) is 5.10. The number of nitrogens with zero attached hydrogens (tertiary/aromatic N) is 3. The van der Waals surface area contributed by atoms with Crippen LogP contribution in [0.2, 0.25) is 5.15 Å². The van der Waals surface area contributed by atoms with Gasteiger partial charge < -0.3 is 0 Å². The van der Waals surface area contributed by atoms with E-state index in [1.54, 1.807) is 48.7 Å². The van der Waals surface area contributed by atoms with E-state index in [1.165, 1.54) is 0 Å². The Morgan fingerprint density at radius 1 is 1.04 bits per heavy atom. The first-order valence-electron chi connectivity index (χ1n) is 7.06. The van der Waals surface area contributed by atoms with Gasteiger partial charge in [-0.2, -0.15) is 5.10 Å². The van der Waals surface area contributed by atoms with Crippen molar-refractivity contribution in [3.63, 3.8) is 0 Å². The quantitative estimate of drug-likeness (QED) is 0.385. The highest BCUT2D eigenvalue weighted by atomic mass is 35.5. The highest BCUT2D eigenvalue weighted by Gasteiger charge is 2.07. The fraction of sp³-hybridized carbons (Fsp3) is 0. The summed E-state index contributed by atoms with van der Waals surface area (Å²) in [7, 11) is 0. The second-order valence-electron chi connectivity index (χ2n) is 4.36. The zero-order chi connectivity index (χ0) is 17.8. The number of hydrogen-bond acceptors (Lipinski definition) is 4. The van der Waals surface area contributed by atoms with E-state index in [0.29, 0.717) is 11.4 Å². The molecule has 0 amide bonds. The molecule has 24 heavy (non-hydrogen) atoms. The normalized spacial score (nSPS) is 12.4. The monoisotopic (exact) mass is 338 g/mol. The Morgan fingerprint density at radius 3 is 2.46 bits per heavy atom. The Hall–Kier alpha value is -2.98. The molecule has 1 N–H and O–H groups in total. The molecule has 0 bridgehead atoms. The van der Waals surface area contributed by atoms with Gasteiger partial charge in [0.2, 0.25) is 0 Å². The van der Waals surface area contributed by atoms with Crippen LogP contribution < -0.4 is 5.43 Å². The molecule has 122 valence electrons. The molecule has 1 aromatic heterocycles. The molecule has 0 aliphatic carbocycles. The van der Waals surface area contributed by atoms with E-state index in [0.717, 1.165) is 11.1 Å². The van der Waals surface area contributed by atoms with Crippen molar-refractivity contribution >= 4 is 29.2 Å². The van der Waals surface area contributed by atoms with Gasteiger partial charge in [0, 0.05) is 5.56 Å².